The zero-order chi connectivity index (χ0) is 12.4. The zero-order valence-electron chi connectivity index (χ0n) is 10.3. The van der Waals surface area contributed by atoms with E-state index in [1.807, 2.05) is 19.0 Å². The number of likely N-dealkylation sites (tertiary alicyclic amines) is 1. The van der Waals surface area contributed by atoms with Gasteiger partial charge in [-0.15, -0.1) is 0 Å². The standard InChI is InChI=1S/C11H19N5O/c1-14(2)9-3-5-15(7-9)11(17)8-16-6-4-10(12)13-16/h4,6,9H,3,5,7-8H2,1-2H3,(H2,12,13). The first kappa shape index (κ1) is 11.9. The maximum Gasteiger partial charge on any atom is 0.244 e. The van der Waals surface area contributed by atoms with E-state index in [1.165, 1.54) is 0 Å². The molecule has 0 radical (unpaired) electrons. The van der Waals surface area contributed by atoms with Gasteiger partial charge in [0.05, 0.1) is 0 Å². The van der Waals surface area contributed by atoms with E-state index in [2.05, 4.69) is 10.00 Å². The maximum absolute atomic E-state index is 12.0. The number of nitrogen functional groups attached to an aromatic ring is 1. The van der Waals surface area contributed by atoms with Gasteiger partial charge in [-0.2, -0.15) is 5.10 Å². The molecule has 1 atom stereocenters. The molecule has 0 aliphatic carbocycles. The molecule has 94 valence electrons. The summed E-state index contributed by atoms with van der Waals surface area (Å²) in [6.07, 6.45) is 2.77. The molecule has 1 unspecified atom stereocenters. The monoisotopic (exact) mass is 237 g/mol. The molecule has 0 aromatic carbocycles. The van der Waals surface area contributed by atoms with Crippen molar-refractivity contribution in [2.75, 3.05) is 32.9 Å². The minimum atomic E-state index is 0.109. The summed E-state index contributed by atoms with van der Waals surface area (Å²) in [6.45, 7) is 1.92. The van der Waals surface area contributed by atoms with Crippen LogP contribution in [-0.2, 0) is 11.3 Å². The van der Waals surface area contributed by atoms with Crippen LogP contribution in [0.25, 0.3) is 0 Å². The van der Waals surface area contributed by atoms with Crippen LogP contribution in [0.3, 0.4) is 0 Å². The summed E-state index contributed by atoms with van der Waals surface area (Å²) >= 11 is 0. The molecular weight excluding hydrogens is 218 g/mol. The average molecular weight is 237 g/mol. The van der Waals surface area contributed by atoms with Gasteiger partial charge in [-0.05, 0) is 26.6 Å². The lowest BCUT2D eigenvalue weighted by Crippen LogP contribution is -2.36. The molecule has 1 aliphatic heterocycles. The van der Waals surface area contributed by atoms with Crippen LogP contribution in [0, 0.1) is 0 Å². The van der Waals surface area contributed by atoms with Gasteiger partial charge in [0.25, 0.3) is 0 Å². The van der Waals surface area contributed by atoms with Crippen molar-refractivity contribution >= 4 is 11.7 Å². The summed E-state index contributed by atoms with van der Waals surface area (Å²) in [4.78, 5) is 16.1. The Bertz CT molecular complexity index is 400. The molecule has 0 saturated carbocycles. The van der Waals surface area contributed by atoms with Gasteiger partial charge in [-0.25, -0.2) is 0 Å². The fourth-order valence-corrected chi connectivity index (χ4v) is 2.09. The van der Waals surface area contributed by atoms with Crippen LogP contribution in [0.5, 0.6) is 0 Å². The number of anilines is 1. The highest BCUT2D eigenvalue weighted by Gasteiger charge is 2.27. The number of carbonyl (C=O) groups excluding carboxylic acids is 1. The van der Waals surface area contributed by atoms with E-state index in [4.69, 9.17) is 5.73 Å². The van der Waals surface area contributed by atoms with Crippen LogP contribution in [0.1, 0.15) is 6.42 Å². The SMILES string of the molecule is CN(C)C1CCN(C(=O)Cn2ccc(N)n2)C1. The van der Waals surface area contributed by atoms with E-state index in [9.17, 15) is 4.79 Å². The second-order valence-electron chi connectivity index (χ2n) is 4.68. The summed E-state index contributed by atoms with van der Waals surface area (Å²) in [7, 11) is 4.10. The van der Waals surface area contributed by atoms with E-state index in [-0.39, 0.29) is 12.5 Å². The minimum absolute atomic E-state index is 0.109. The molecule has 2 rings (SSSR count). The minimum Gasteiger partial charge on any atom is -0.382 e. The van der Waals surface area contributed by atoms with Crippen LogP contribution in [-0.4, -0.2) is 58.7 Å². The Hall–Kier alpha value is -1.56. The second kappa shape index (κ2) is 4.75. The Morgan fingerprint density at radius 3 is 2.94 bits per heavy atom. The summed E-state index contributed by atoms with van der Waals surface area (Å²) in [5.41, 5.74) is 5.51. The summed E-state index contributed by atoms with van der Waals surface area (Å²) in [6, 6.07) is 2.17. The third kappa shape index (κ3) is 2.76. The van der Waals surface area contributed by atoms with Crippen LogP contribution in [0.15, 0.2) is 12.3 Å². The predicted molar refractivity (Wildman–Crippen MR) is 65.3 cm³/mol. The third-order valence-corrected chi connectivity index (χ3v) is 3.20. The Labute approximate surface area is 101 Å². The molecule has 2 N–H and O–H groups in total. The Morgan fingerprint density at radius 1 is 1.65 bits per heavy atom. The molecule has 2 heterocycles. The number of amides is 1. The Morgan fingerprint density at radius 2 is 2.41 bits per heavy atom. The molecule has 6 nitrogen and oxygen atoms in total. The molecule has 1 amide bonds. The number of nitrogens with zero attached hydrogens (tertiary/aromatic N) is 4. The fraction of sp³-hybridized carbons (Fsp3) is 0.636. The molecule has 1 fully saturated rings. The largest absolute Gasteiger partial charge is 0.382 e. The predicted octanol–water partition coefficient (Wildman–Crippen LogP) is -0.372. The summed E-state index contributed by atoms with van der Waals surface area (Å²) in [5, 5.41) is 4.01. The van der Waals surface area contributed by atoms with Gasteiger partial charge in [-0.3, -0.25) is 9.48 Å². The number of rotatable bonds is 3. The van der Waals surface area contributed by atoms with E-state index in [0.29, 0.717) is 11.9 Å². The zero-order valence-corrected chi connectivity index (χ0v) is 10.3. The number of nitrogens with two attached hydrogens (primary N) is 1. The molecular formula is C11H19N5O. The van der Waals surface area contributed by atoms with Gasteiger partial charge in [0.15, 0.2) is 0 Å². The highest BCUT2D eigenvalue weighted by molar-refractivity contribution is 5.76. The number of carbonyl (C=O) groups is 1. The molecule has 1 aromatic heterocycles. The molecule has 17 heavy (non-hydrogen) atoms. The fourth-order valence-electron chi connectivity index (χ4n) is 2.09. The lowest BCUT2D eigenvalue weighted by atomic mass is 10.2. The van der Waals surface area contributed by atoms with Crippen molar-refractivity contribution in [1.29, 1.82) is 0 Å². The van der Waals surface area contributed by atoms with Crippen molar-refractivity contribution in [3.8, 4) is 0 Å². The molecule has 1 aromatic rings. The van der Waals surface area contributed by atoms with Crippen molar-refractivity contribution < 1.29 is 4.79 Å². The number of hydrogen-bond donors (Lipinski definition) is 1. The molecule has 6 heteroatoms. The van der Waals surface area contributed by atoms with E-state index in [0.717, 1.165) is 19.5 Å². The van der Waals surface area contributed by atoms with Gasteiger partial charge in [0.2, 0.25) is 5.91 Å². The van der Waals surface area contributed by atoms with Gasteiger partial charge in [0.1, 0.15) is 12.4 Å². The molecule has 1 saturated heterocycles. The van der Waals surface area contributed by atoms with Gasteiger partial charge >= 0.3 is 0 Å². The molecule has 0 spiro atoms. The summed E-state index contributed by atoms with van der Waals surface area (Å²) < 4.78 is 1.58. The van der Waals surface area contributed by atoms with Crippen molar-refractivity contribution in [3.63, 3.8) is 0 Å². The quantitative estimate of drug-likeness (QED) is 0.778. The van der Waals surface area contributed by atoms with E-state index < -0.39 is 0 Å². The average Bonchev–Trinajstić information content (AvgIpc) is 2.86. The van der Waals surface area contributed by atoms with E-state index >= 15 is 0 Å². The van der Waals surface area contributed by atoms with Crippen LogP contribution in [0.4, 0.5) is 5.82 Å². The third-order valence-electron chi connectivity index (χ3n) is 3.20. The Kier molecular flexibility index (Phi) is 3.33. The first-order chi connectivity index (χ1) is 8.06. The highest BCUT2D eigenvalue weighted by atomic mass is 16.2. The smallest absolute Gasteiger partial charge is 0.244 e. The first-order valence-corrected chi connectivity index (χ1v) is 5.79. The lowest BCUT2D eigenvalue weighted by molar-refractivity contribution is -0.131. The highest BCUT2D eigenvalue weighted by Crippen LogP contribution is 2.13. The van der Waals surface area contributed by atoms with E-state index in [1.54, 1.807) is 16.9 Å². The van der Waals surface area contributed by atoms with Gasteiger partial charge in [0, 0.05) is 25.3 Å². The molecule has 0 bridgehead atoms. The summed E-state index contributed by atoms with van der Waals surface area (Å²) in [5.74, 6) is 0.558. The van der Waals surface area contributed by atoms with Crippen molar-refractivity contribution in [1.82, 2.24) is 19.6 Å². The number of aromatic nitrogens is 2. The van der Waals surface area contributed by atoms with Crippen LogP contribution >= 0.6 is 0 Å². The van der Waals surface area contributed by atoms with Gasteiger partial charge < -0.3 is 15.5 Å². The first-order valence-electron chi connectivity index (χ1n) is 5.79. The normalized spacial score (nSPS) is 20.2. The number of hydrogen-bond acceptors (Lipinski definition) is 4. The Balaban J connectivity index is 1.89. The number of likely N-dealkylation sites (N-methyl/N-ethyl adjacent to an activating group) is 1. The van der Waals surface area contributed by atoms with Gasteiger partial charge in [-0.1, -0.05) is 0 Å². The van der Waals surface area contributed by atoms with Crippen molar-refractivity contribution in [2.45, 2.75) is 19.0 Å². The topological polar surface area (TPSA) is 67.4 Å². The van der Waals surface area contributed by atoms with Crippen molar-refractivity contribution in [2.24, 2.45) is 0 Å². The second-order valence-corrected chi connectivity index (χ2v) is 4.68. The lowest BCUT2D eigenvalue weighted by Gasteiger charge is -2.20. The van der Waals surface area contributed by atoms with Crippen molar-refractivity contribution in [3.05, 3.63) is 12.3 Å². The molecule has 1 aliphatic rings. The van der Waals surface area contributed by atoms with Crippen LogP contribution < -0.4 is 5.73 Å². The van der Waals surface area contributed by atoms with Crippen LogP contribution in [0.2, 0.25) is 0 Å². The maximum atomic E-state index is 12.0.